The molecule has 1 rings (SSSR count). The molecule has 17 heavy (non-hydrogen) atoms. The van der Waals surface area contributed by atoms with Gasteiger partial charge in [-0.25, -0.2) is 0 Å². The van der Waals surface area contributed by atoms with Crippen LogP contribution in [-0.2, 0) is 0 Å². The van der Waals surface area contributed by atoms with Crippen molar-refractivity contribution in [2.24, 2.45) is 5.73 Å². The number of hydrogen-bond donors (Lipinski definition) is 2. The van der Waals surface area contributed by atoms with Crippen molar-refractivity contribution in [2.45, 2.75) is 6.42 Å². The average molecular weight is 273 g/mol. The van der Waals surface area contributed by atoms with Gasteiger partial charge in [-0.1, -0.05) is 23.8 Å². The zero-order chi connectivity index (χ0) is 13.0. The van der Waals surface area contributed by atoms with E-state index in [4.69, 9.17) is 29.6 Å². The van der Waals surface area contributed by atoms with Crippen LogP contribution in [0.3, 0.4) is 0 Å². The Morgan fingerprint density at radius 3 is 2.76 bits per heavy atom. The highest BCUT2D eigenvalue weighted by Crippen LogP contribution is 2.24. The number of aromatic hydroxyl groups is 1. The van der Waals surface area contributed by atoms with Crippen LogP contribution in [0.15, 0.2) is 18.2 Å². The molecule has 1 aromatic rings. The van der Waals surface area contributed by atoms with E-state index in [9.17, 15) is 9.90 Å². The molecule has 4 nitrogen and oxygen atoms in total. The number of thiocarbonyl (C=S) groups is 1. The van der Waals surface area contributed by atoms with Gasteiger partial charge in [0.25, 0.3) is 5.91 Å². The molecule has 0 saturated heterocycles. The van der Waals surface area contributed by atoms with Crippen molar-refractivity contribution in [3.8, 4) is 5.75 Å². The molecule has 0 saturated carbocycles. The lowest BCUT2D eigenvalue weighted by Gasteiger charge is -2.16. The first-order valence-electron chi connectivity index (χ1n) is 4.94. The van der Waals surface area contributed by atoms with E-state index in [1.165, 1.54) is 23.1 Å². The molecule has 6 heteroatoms. The minimum Gasteiger partial charge on any atom is -0.506 e. The zero-order valence-corrected chi connectivity index (χ0v) is 10.9. The topological polar surface area (TPSA) is 66.6 Å². The first-order chi connectivity index (χ1) is 7.91. The summed E-state index contributed by atoms with van der Waals surface area (Å²) in [6, 6.07) is 4.33. The van der Waals surface area contributed by atoms with Crippen molar-refractivity contribution < 1.29 is 9.90 Å². The summed E-state index contributed by atoms with van der Waals surface area (Å²) >= 11 is 10.5. The Labute approximate surface area is 110 Å². The average Bonchev–Trinajstić information content (AvgIpc) is 2.28. The number of phenolic OH excluding ortho intramolecular Hbond substituents is 1. The highest BCUT2D eigenvalue weighted by Gasteiger charge is 2.13. The van der Waals surface area contributed by atoms with Crippen molar-refractivity contribution in [3.63, 3.8) is 0 Å². The van der Waals surface area contributed by atoms with Gasteiger partial charge in [-0.3, -0.25) is 4.79 Å². The predicted molar refractivity (Wildman–Crippen MR) is 71.5 cm³/mol. The summed E-state index contributed by atoms with van der Waals surface area (Å²) in [5.41, 5.74) is 5.78. The Balaban J connectivity index is 2.74. The fraction of sp³-hybridized carbons (Fsp3) is 0.273. The van der Waals surface area contributed by atoms with Crippen LogP contribution in [0.2, 0.25) is 5.02 Å². The quantitative estimate of drug-likeness (QED) is 0.820. The third-order valence-electron chi connectivity index (χ3n) is 2.23. The number of carbonyl (C=O) groups excluding carboxylic acids is 1. The summed E-state index contributed by atoms with van der Waals surface area (Å²) in [4.78, 5) is 13.8. The Kier molecular flexibility index (Phi) is 4.72. The summed E-state index contributed by atoms with van der Waals surface area (Å²) in [5, 5.41) is 9.40. The Morgan fingerprint density at radius 2 is 2.24 bits per heavy atom. The molecule has 0 aliphatic rings. The molecule has 0 fully saturated rings. The lowest BCUT2D eigenvalue weighted by atomic mass is 10.2. The van der Waals surface area contributed by atoms with Gasteiger partial charge >= 0.3 is 0 Å². The second-order valence-electron chi connectivity index (χ2n) is 3.61. The normalized spacial score (nSPS) is 10.0. The molecular weight excluding hydrogens is 260 g/mol. The number of carbonyl (C=O) groups is 1. The fourth-order valence-electron chi connectivity index (χ4n) is 1.24. The molecule has 0 bridgehead atoms. The summed E-state index contributed by atoms with van der Waals surface area (Å²) < 4.78 is 0. The molecular formula is C11H13ClN2O2S. The summed E-state index contributed by atoms with van der Waals surface area (Å²) in [7, 11) is 1.65. The summed E-state index contributed by atoms with van der Waals surface area (Å²) in [6.45, 7) is 0.451. The lowest BCUT2D eigenvalue weighted by molar-refractivity contribution is 0.0799. The number of nitrogens with zero attached hydrogens (tertiary/aromatic N) is 1. The van der Waals surface area contributed by atoms with Gasteiger partial charge in [0.2, 0.25) is 0 Å². The molecule has 1 amide bonds. The molecule has 3 N–H and O–H groups in total. The molecule has 0 atom stereocenters. The van der Waals surface area contributed by atoms with Gasteiger partial charge in [0, 0.05) is 25.6 Å². The highest BCUT2D eigenvalue weighted by molar-refractivity contribution is 7.80. The van der Waals surface area contributed by atoms with Gasteiger partial charge in [-0.2, -0.15) is 0 Å². The van der Waals surface area contributed by atoms with Crippen molar-refractivity contribution in [2.75, 3.05) is 13.6 Å². The second kappa shape index (κ2) is 5.84. The van der Waals surface area contributed by atoms with Crippen molar-refractivity contribution in [3.05, 3.63) is 28.8 Å². The number of nitrogens with two attached hydrogens (primary N) is 1. The van der Waals surface area contributed by atoms with Gasteiger partial charge in [0.15, 0.2) is 0 Å². The molecule has 1 aromatic carbocycles. The van der Waals surface area contributed by atoms with Gasteiger partial charge in [0.05, 0.1) is 10.0 Å². The van der Waals surface area contributed by atoms with Crippen LogP contribution >= 0.6 is 23.8 Å². The van der Waals surface area contributed by atoms with E-state index in [0.717, 1.165) is 0 Å². The molecule has 0 spiro atoms. The Morgan fingerprint density at radius 1 is 1.59 bits per heavy atom. The largest absolute Gasteiger partial charge is 0.506 e. The van der Waals surface area contributed by atoms with E-state index in [1.54, 1.807) is 7.05 Å². The van der Waals surface area contributed by atoms with E-state index in [2.05, 4.69) is 0 Å². The van der Waals surface area contributed by atoms with E-state index >= 15 is 0 Å². The number of phenols is 1. The van der Waals surface area contributed by atoms with Crippen molar-refractivity contribution >= 4 is 34.7 Å². The highest BCUT2D eigenvalue weighted by atomic mass is 35.5. The Bertz CT molecular complexity index is 451. The number of amides is 1. The predicted octanol–water partition coefficient (Wildman–Crippen LogP) is 1.79. The van der Waals surface area contributed by atoms with Gasteiger partial charge in [-0.15, -0.1) is 0 Å². The fourth-order valence-corrected chi connectivity index (χ4v) is 1.51. The standard InChI is InChI=1S/C11H13ClN2O2S/c1-14(5-4-10(13)17)11(16)7-2-3-9(15)8(12)6-7/h2-3,6,15H,4-5H2,1H3,(H2,13,17). The number of halogens is 1. The number of rotatable bonds is 4. The van der Waals surface area contributed by atoms with Crippen molar-refractivity contribution in [1.82, 2.24) is 4.90 Å². The van der Waals surface area contributed by atoms with Crippen LogP contribution in [0.4, 0.5) is 0 Å². The third kappa shape index (κ3) is 3.87. The molecule has 0 heterocycles. The molecule has 92 valence electrons. The lowest BCUT2D eigenvalue weighted by Crippen LogP contribution is -2.30. The smallest absolute Gasteiger partial charge is 0.253 e. The minimum absolute atomic E-state index is 0.0472. The van der Waals surface area contributed by atoms with Gasteiger partial charge < -0.3 is 15.7 Å². The first-order valence-corrected chi connectivity index (χ1v) is 5.72. The SMILES string of the molecule is CN(CCC(N)=S)C(=O)c1ccc(O)c(Cl)c1. The second-order valence-corrected chi connectivity index (χ2v) is 4.54. The van der Waals surface area contributed by atoms with Gasteiger partial charge in [0.1, 0.15) is 5.75 Å². The number of hydrogen-bond acceptors (Lipinski definition) is 3. The summed E-state index contributed by atoms with van der Waals surface area (Å²) in [5.74, 6) is -0.239. The molecule has 0 aromatic heterocycles. The molecule has 0 radical (unpaired) electrons. The van der Waals surface area contributed by atoms with Crippen LogP contribution in [0, 0.1) is 0 Å². The van der Waals surface area contributed by atoms with Crippen molar-refractivity contribution in [1.29, 1.82) is 0 Å². The van der Waals surface area contributed by atoms with E-state index in [-0.39, 0.29) is 16.7 Å². The monoisotopic (exact) mass is 272 g/mol. The third-order valence-corrected chi connectivity index (χ3v) is 2.74. The first kappa shape index (κ1) is 13.7. The zero-order valence-electron chi connectivity index (χ0n) is 9.31. The van der Waals surface area contributed by atoms with Crippen LogP contribution < -0.4 is 5.73 Å². The molecule has 0 aliphatic heterocycles. The minimum atomic E-state index is -0.192. The van der Waals surface area contributed by atoms with E-state index < -0.39 is 0 Å². The van der Waals surface area contributed by atoms with Crippen LogP contribution in [0.5, 0.6) is 5.75 Å². The van der Waals surface area contributed by atoms with Gasteiger partial charge in [-0.05, 0) is 18.2 Å². The van der Waals surface area contributed by atoms with Crippen LogP contribution in [-0.4, -0.2) is 34.5 Å². The maximum atomic E-state index is 11.9. The van der Waals surface area contributed by atoms with Crippen LogP contribution in [0.25, 0.3) is 0 Å². The van der Waals surface area contributed by atoms with Crippen LogP contribution in [0.1, 0.15) is 16.8 Å². The van der Waals surface area contributed by atoms with E-state index in [1.807, 2.05) is 0 Å². The van der Waals surface area contributed by atoms with E-state index in [0.29, 0.717) is 23.5 Å². The maximum absolute atomic E-state index is 11.9. The molecule has 0 aliphatic carbocycles. The maximum Gasteiger partial charge on any atom is 0.253 e. The Hall–Kier alpha value is -1.33. The number of benzene rings is 1. The molecule has 0 unspecified atom stereocenters. The summed E-state index contributed by atoms with van der Waals surface area (Å²) in [6.07, 6.45) is 0.476.